The molecule has 24 heavy (non-hydrogen) atoms. The number of aliphatic carboxylic acids is 1. The largest absolute Gasteiger partial charge is 0.480 e. The van der Waals surface area contributed by atoms with Crippen LogP contribution in [0.25, 0.3) is 0 Å². The van der Waals surface area contributed by atoms with Gasteiger partial charge < -0.3 is 15.3 Å². The summed E-state index contributed by atoms with van der Waals surface area (Å²) >= 11 is 1.59. The van der Waals surface area contributed by atoms with Crippen LogP contribution in [0.3, 0.4) is 0 Å². The second-order valence-electron chi connectivity index (χ2n) is 6.35. The molecule has 0 saturated carbocycles. The van der Waals surface area contributed by atoms with E-state index in [2.05, 4.69) is 5.32 Å². The highest BCUT2D eigenvalue weighted by Gasteiger charge is 2.53. The predicted molar refractivity (Wildman–Crippen MR) is 90.4 cm³/mol. The molecule has 3 atom stereocenters. The smallest absolute Gasteiger partial charge is 0.326 e. The van der Waals surface area contributed by atoms with Crippen molar-refractivity contribution in [1.82, 2.24) is 10.2 Å². The van der Waals surface area contributed by atoms with Gasteiger partial charge in [0.2, 0.25) is 11.8 Å². The normalized spacial score (nSPS) is 27.0. The molecule has 128 valence electrons. The van der Waals surface area contributed by atoms with Crippen LogP contribution in [0.2, 0.25) is 0 Å². The number of nitrogens with one attached hydrogen (secondary N) is 1. The third kappa shape index (κ3) is 3.13. The lowest BCUT2D eigenvalue weighted by Crippen LogP contribution is -2.54. The van der Waals surface area contributed by atoms with E-state index in [1.54, 1.807) is 16.7 Å². The molecular formula is C17H20N2O4S. The number of hydrogen-bond acceptors (Lipinski definition) is 4. The lowest BCUT2D eigenvalue weighted by molar-refractivity contribution is -0.143. The van der Waals surface area contributed by atoms with Gasteiger partial charge in [-0.1, -0.05) is 30.3 Å². The molecule has 0 spiro atoms. The molecule has 1 aromatic rings. The van der Waals surface area contributed by atoms with E-state index in [9.17, 15) is 19.5 Å². The van der Waals surface area contributed by atoms with Crippen LogP contribution in [0.1, 0.15) is 25.3 Å². The Morgan fingerprint density at radius 1 is 1.42 bits per heavy atom. The van der Waals surface area contributed by atoms with Crippen molar-refractivity contribution in [3.05, 3.63) is 35.9 Å². The molecule has 2 amide bonds. The summed E-state index contributed by atoms with van der Waals surface area (Å²) in [6.45, 7) is 1.97. The summed E-state index contributed by atoms with van der Waals surface area (Å²) in [5.74, 6) is -0.984. The van der Waals surface area contributed by atoms with Crippen LogP contribution in [-0.4, -0.2) is 50.5 Å². The van der Waals surface area contributed by atoms with Crippen LogP contribution >= 0.6 is 11.8 Å². The van der Waals surface area contributed by atoms with Gasteiger partial charge in [0.15, 0.2) is 0 Å². The summed E-state index contributed by atoms with van der Waals surface area (Å²) in [5, 5.41) is 12.0. The van der Waals surface area contributed by atoms with Crippen LogP contribution < -0.4 is 5.32 Å². The van der Waals surface area contributed by atoms with Gasteiger partial charge in [-0.15, -0.1) is 11.8 Å². The van der Waals surface area contributed by atoms with E-state index < -0.39 is 18.1 Å². The topological polar surface area (TPSA) is 86.7 Å². The van der Waals surface area contributed by atoms with Gasteiger partial charge in [0.05, 0.1) is 4.87 Å². The summed E-state index contributed by atoms with van der Waals surface area (Å²) in [7, 11) is 0. The number of carbonyl (C=O) groups is 3. The Kier molecular flexibility index (Phi) is 4.54. The molecule has 0 aliphatic carbocycles. The maximum atomic E-state index is 12.6. The Balaban J connectivity index is 1.70. The van der Waals surface area contributed by atoms with Crippen LogP contribution in [-0.2, 0) is 20.8 Å². The molecule has 2 N–H and O–H groups in total. The van der Waals surface area contributed by atoms with E-state index in [0.717, 1.165) is 12.0 Å². The second-order valence-corrected chi connectivity index (χ2v) is 7.86. The number of benzene rings is 1. The SMILES string of the molecule is CC12CCC(=O)N1C(C(=O)NC(Cc1ccccc1)C(=O)O)CS2. The van der Waals surface area contributed by atoms with Crippen molar-refractivity contribution in [2.24, 2.45) is 0 Å². The highest BCUT2D eigenvalue weighted by Crippen LogP contribution is 2.47. The van der Waals surface area contributed by atoms with Gasteiger partial charge in [-0.3, -0.25) is 9.59 Å². The summed E-state index contributed by atoms with van der Waals surface area (Å²) in [4.78, 5) is 37.5. The summed E-state index contributed by atoms with van der Waals surface area (Å²) in [6.07, 6.45) is 1.39. The number of rotatable bonds is 5. The zero-order valence-electron chi connectivity index (χ0n) is 13.4. The highest BCUT2D eigenvalue weighted by atomic mass is 32.2. The van der Waals surface area contributed by atoms with E-state index in [1.807, 2.05) is 37.3 Å². The molecule has 3 unspecified atom stereocenters. The van der Waals surface area contributed by atoms with E-state index in [4.69, 9.17) is 0 Å². The number of carbonyl (C=O) groups excluding carboxylic acids is 2. The molecule has 0 radical (unpaired) electrons. The average Bonchev–Trinajstić information content (AvgIpc) is 3.04. The first-order chi connectivity index (χ1) is 11.4. The maximum Gasteiger partial charge on any atom is 0.326 e. The molecule has 7 heteroatoms. The van der Waals surface area contributed by atoms with E-state index in [0.29, 0.717) is 12.2 Å². The van der Waals surface area contributed by atoms with Gasteiger partial charge in [-0.25, -0.2) is 4.79 Å². The van der Waals surface area contributed by atoms with Crippen molar-refractivity contribution in [3.8, 4) is 0 Å². The van der Waals surface area contributed by atoms with Gasteiger partial charge in [0.25, 0.3) is 0 Å². The summed E-state index contributed by atoms with van der Waals surface area (Å²) in [5.41, 5.74) is 0.841. The van der Waals surface area contributed by atoms with Crippen molar-refractivity contribution in [2.45, 2.75) is 43.1 Å². The minimum absolute atomic E-state index is 0.0300. The van der Waals surface area contributed by atoms with Crippen molar-refractivity contribution >= 4 is 29.5 Å². The van der Waals surface area contributed by atoms with Crippen LogP contribution in [0, 0.1) is 0 Å². The van der Waals surface area contributed by atoms with Crippen molar-refractivity contribution < 1.29 is 19.5 Å². The monoisotopic (exact) mass is 348 g/mol. The Hall–Kier alpha value is -2.02. The number of fused-ring (bicyclic) bond motifs is 1. The van der Waals surface area contributed by atoms with Crippen molar-refractivity contribution in [2.75, 3.05) is 5.75 Å². The number of hydrogen-bond donors (Lipinski definition) is 2. The number of amides is 2. The Bertz CT molecular complexity index is 666. The third-order valence-electron chi connectivity index (χ3n) is 4.64. The Morgan fingerprint density at radius 3 is 2.79 bits per heavy atom. The lowest BCUT2D eigenvalue weighted by atomic mass is 10.1. The molecule has 1 aromatic carbocycles. The number of carboxylic acid groups (broad SMARTS) is 1. The molecule has 2 aliphatic rings. The minimum Gasteiger partial charge on any atom is -0.480 e. The molecule has 2 fully saturated rings. The molecule has 6 nitrogen and oxygen atoms in total. The van der Waals surface area contributed by atoms with Crippen molar-refractivity contribution in [3.63, 3.8) is 0 Å². The van der Waals surface area contributed by atoms with Crippen LogP contribution in [0.4, 0.5) is 0 Å². The molecule has 2 aliphatic heterocycles. The summed E-state index contributed by atoms with van der Waals surface area (Å²) in [6, 6.07) is 7.58. The highest BCUT2D eigenvalue weighted by molar-refractivity contribution is 8.01. The third-order valence-corrected chi connectivity index (χ3v) is 6.15. The maximum absolute atomic E-state index is 12.6. The fourth-order valence-electron chi connectivity index (χ4n) is 3.33. The molecule has 2 heterocycles. The van der Waals surface area contributed by atoms with Gasteiger partial charge in [-0.05, 0) is 18.9 Å². The molecule has 2 saturated heterocycles. The van der Waals surface area contributed by atoms with Gasteiger partial charge >= 0.3 is 5.97 Å². The Morgan fingerprint density at radius 2 is 2.12 bits per heavy atom. The van der Waals surface area contributed by atoms with E-state index in [-0.39, 0.29) is 23.1 Å². The van der Waals surface area contributed by atoms with E-state index in [1.165, 1.54) is 0 Å². The summed E-state index contributed by atoms with van der Waals surface area (Å²) < 4.78 is 0. The predicted octanol–water partition coefficient (Wildman–Crippen LogP) is 1.25. The fraction of sp³-hybridized carbons (Fsp3) is 0.471. The first kappa shape index (κ1) is 16.8. The van der Waals surface area contributed by atoms with Crippen LogP contribution in [0.5, 0.6) is 0 Å². The average molecular weight is 348 g/mol. The molecular weight excluding hydrogens is 328 g/mol. The molecule has 0 aromatic heterocycles. The second kappa shape index (κ2) is 6.47. The Labute approximate surface area is 144 Å². The van der Waals surface area contributed by atoms with Crippen LogP contribution in [0.15, 0.2) is 30.3 Å². The van der Waals surface area contributed by atoms with Gasteiger partial charge in [-0.2, -0.15) is 0 Å². The minimum atomic E-state index is -1.08. The lowest BCUT2D eigenvalue weighted by Gasteiger charge is -2.30. The number of nitrogens with zero attached hydrogens (tertiary/aromatic N) is 1. The first-order valence-electron chi connectivity index (χ1n) is 7.94. The number of carboxylic acids is 1. The first-order valence-corrected chi connectivity index (χ1v) is 8.92. The fourth-order valence-corrected chi connectivity index (χ4v) is 4.76. The zero-order valence-corrected chi connectivity index (χ0v) is 14.2. The quantitative estimate of drug-likeness (QED) is 0.836. The van der Waals surface area contributed by atoms with Crippen molar-refractivity contribution in [1.29, 1.82) is 0 Å². The molecule has 0 bridgehead atoms. The van der Waals surface area contributed by atoms with E-state index >= 15 is 0 Å². The zero-order chi connectivity index (χ0) is 17.3. The van der Waals surface area contributed by atoms with Gasteiger partial charge in [0, 0.05) is 18.6 Å². The standard InChI is InChI=1S/C17H20N2O4S/c1-17-8-7-14(20)19(17)13(10-24-17)15(21)18-12(16(22)23)9-11-5-3-2-4-6-11/h2-6,12-13H,7-10H2,1H3,(H,18,21)(H,22,23). The molecule has 3 rings (SSSR count). The number of thioether (sulfide) groups is 1. The van der Waals surface area contributed by atoms with Gasteiger partial charge in [0.1, 0.15) is 12.1 Å².